The molecule has 5 heterocycles. The summed E-state index contributed by atoms with van der Waals surface area (Å²) in [6, 6.07) is 2.64. The van der Waals surface area contributed by atoms with Crippen LogP contribution in [0.2, 0.25) is 0 Å². The number of hydrogen-bond donors (Lipinski definition) is 14. The van der Waals surface area contributed by atoms with Gasteiger partial charge in [-0.2, -0.15) is 0 Å². The molecule has 2 aromatic carbocycles. The van der Waals surface area contributed by atoms with Crippen molar-refractivity contribution in [3.05, 3.63) is 71.8 Å². The number of amides is 14. The lowest BCUT2D eigenvalue weighted by Gasteiger charge is -2.32. The van der Waals surface area contributed by atoms with E-state index in [1.54, 1.807) is 64.1 Å². The van der Waals surface area contributed by atoms with Gasteiger partial charge in [0.1, 0.15) is 47.3 Å². The van der Waals surface area contributed by atoms with Gasteiger partial charge in [-0.05, 0) is 48.1 Å². The third-order valence-electron chi connectivity index (χ3n) is 16.2. The third kappa shape index (κ3) is 17.8. The van der Waals surface area contributed by atoms with E-state index >= 15 is 0 Å². The Kier molecular flexibility index (Phi) is 24.1. The maximum Gasteiger partial charge on any atom is 0.258 e. The number of anilines is 1. The van der Waals surface area contributed by atoms with Crippen molar-refractivity contribution in [2.24, 2.45) is 17.8 Å². The summed E-state index contributed by atoms with van der Waals surface area (Å²) in [7, 11) is 0. The maximum atomic E-state index is 14.8. The minimum absolute atomic E-state index is 0.117. The van der Waals surface area contributed by atoms with Crippen LogP contribution < -0.4 is 58.6 Å². The number of imide groups is 1. The van der Waals surface area contributed by atoms with Gasteiger partial charge in [0.05, 0.1) is 49.6 Å². The van der Waals surface area contributed by atoms with Gasteiger partial charge in [0.25, 0.3) is 17.7 Å². The summed E-state index contributed by atoms with van der Waals surface area (Å²) >= 11 is 0.815. The highest BCUT2D eigenvalue weighted by Crippen LogP contribution is 2.34. The van der Waals surface area contributed by atoms with Gasteiger partial charge in [-0.25, -0.2) is 4.68 Å². The zero-order chi connectivity index (χ0) is 67.2. The highest BCUT2D eigenvalue weighted by atomic mass is 32.2. The highest BCUT2D eigenvalue weighted by molar-refractivity contribution is 8.00. The Balaban J connectivity index is 1.12. The predicted octanol–water partition coefficient (Wildman–Crippen LogP) is -3.85. The topological polar surface area (TPSA) is 443 Å². The molecule has 4 aliphatic rings. The molecule has 0 saturated carbocycles. The second-order valence-corrected chi connectivity index (χ2v) is 24.3. The molecule has 496 valence electrons. The molecule has 1 aromatic heterocycles. The Morgan fingerprint density at radius 1 is 0.739 bits per heavy atom. The van der Waals surface area contributed by atoms with Crippen LogP contribution in [-0.2, 0) is 80.1 Å². The van der Waals surface area contributed by atoms with Crippen LogP contribution in [0.15, 0.2) is 65.7 Å². The molecule has 92 heavy (non-hydrogen) atoms. The van der Waals surface area contributed by atoms with Crippen molar-refractivity contribution in [2.45, 2.75) is 140 Å². The number of fused-ring (bicyclic) bond motifs is 4. The Labute approximate surface area is 532 Å². The number of carbonyl (C=O) groups is 14. The molecule has 1 fully saturated rings. The molecule has 4 aliphatic heterocycles. The molecule has 7 rings (SSSR count). The molecule has 0 radical (unpaired) electrons. The van der Waals surface area contributed by atoms with Gasteiger partial charge in [-0.15, -0.1) is 0 Å². The molecular formula is C60H78N14O17S. The van der Waals surface area contributed by atoms with Crippen LogP contribution in [0, 0.1) is 17.8 Å². The van der Waals surface area contributed by atoms with E-state index in [9.17, 15) is 82.4 Å². The standard InChI is InChI=1S/C60H78N14O17S/c1-7-30(4)51-56(88)63-25-46(81)71-74-40-11-9-8-10-36(40)37-21-38(54(86)62-24-45(80)69-51)67-58(90)52(31(5)42(77)27-75)70-55(87)41-20-35(76)26-73(41)59(91)39(66-47(82)28-92-60(37)74)22-44(79)61-23-33-12-14-34(15-13-33)65-53(85)32(6)64-57(89)50(29(2)3)68-43(78)18-19-72-48(83)16-17-49(72)84/h8-17,29-32,35,38-39,41-42,50-52,75-77H,7,18-28H2,1-6H3,(H,61,79)(H,62,86)(H,63,88)(H,64,89)(H,65,85)(H,66,82)(H,67,90)(H,68,78)(H,69,80)(H,70,87)(H,71,81)/t30-,31-,32-,35+,38-,39-,41-,42-,50?,51-,52-/m0/s1. The van der Waals surface area contributed by atoms with Gasteiger partial charge in [0.15, 0.2) is 0 Å². The number of thioether (sulfide) groups is 1. The molecule has 1 unspecified atom stereocenters. The van der Waals surface area contributed by atoms with E-state index < -0.39 is 206 Å². The van der Waals surface area contributed by atoms with E-state index in [1.807, 2.05) is 0 Å². The number of aliphatic hydroxyl groups is 3. The SMILES string of the molecule is CC[C@H](C)[C@@H]1NC(=O)CNC(=O)[C@@H]2Cc3c(n(c4ccccc34)NC(=O)CNC1=O)SCC(=O)N[C@@H](CC(=O)NCc1ccc(NC(=O)[C@H](C)NC(=O)C(NC(=O)CCN3C(=O)C=CC3=O)C(C)C)cc1)C(=O)N1C[C@H](O)C[C@H]1C(=O)N[C@@H]([C@@H](C)[C@@H](O)CO)C(=O)N2. The molecule has 32 heteroatoms. The number of aliphatic hydroxyl groups excluding tert-OH is 3. The molecule has 0 aliphatic carbocycles. The number of para-hydroxylation sites is 1. The summed E-state index contributed by atoms with van der Waals surface area (Å²) in [5.41, 5.74) is 4.10. The minimum Gasteiger partial charge on any atom is -0.394 e. The number of aromatic nitrogens is 1. The second-order valence-electron chi connectivity index (χ2n) is 23.3. The molecule has 1 saturated heterocycles. The van der Waals surface area contributed by atoms with E-state index in [2.05, 4.69) is 58.6 Å². The predicted molar refractivity (Wildman–Crippen MR) is 329 cm³/mol. The molecule has 14 amide bonds. The van der Waals surface area contributed by atoms with Crippen molar-refractivity contribution < 1.29 is 82.4 Å². The second kappa shape index (κ2) is 31.6. The Morgan fingerprint density at radius 2 is 1.41 bits per heavy atom. The quantitative estimate of drug-likeness (QED) is 0.0542. The zero-order valence-corrected chi connectivity index (χ0v) is 52.3. The Morgan fingerprint density at radius 3 is 2.09 bits per heavy atom. The van der Waals surface area contributed by atoms with E-state index in [-0.39, 0.29) is 35.8 Å². The van der Waals surface area contributed by atoms with Gasteiger partial charge in [-0.1, -0.05) is 83.1 Å². The number of benzene rings is 2. The summed E-state index contributed by atoms with van der Waals surface area (Å²) in [6.45, 7) is 6.55. The monoisotopic (exact) mass is 1300 g/mol. The molecular weight excluding hydrogens is 1220 g/mol. The van der Waals surface area contributed by atoms with E-state index in [1.165, 1.54) is 30.7 Å². The lowest BCUT2D eigenvalue weighted by atomic mass is 9.94. The van der Waals surface area contributed by atoms with Crippen LogP contribution in [0.5, 0.6) is 0 Å². The maximum absolute atomic E-state index is 14.8. The first-order valence-corrected chi connectivity index (χ1v) is 31.0. The number of carbonyl (C=O) groups excluding carboxylic acids is 14. The third-order valence-corrected chi connectivity index (χ3v) is 17.3. The number of nitrogens with zero attached hydrogens (tertiary/aromatic N) is 3. The smallest absolute Gasteiger partial charge is 0.258 e. The Hall–Kier alpha value is -9.27. The molecule has 3 aromatic rings. The van der Waals surface area contributed by atoms with Crippen LogP contribution in [0.3, 0.4) is 0 Å². The largest absolute Gasteiger partial charge is 0.394 e. The van der Waals surface area contributed by atoms with Crippen LogP contribution in [0.25, 0.3) is 10.9 Å². The van der Waals surface area contributed by atoms with Crippen molar-refractivity contribution >= 4 is 111 Å². The summed E-state index contributed by atoms with van der Waals surface area (Å²) in [4.78, 5) is 193. The molecule has 0 spiro atoms. The molecule has 11 atom stereocenters. The van der Waals surface area contributed by atoms with Gasteiger partial charge < -0.3 is 73.4 Å². The molecule has 4 bridgehead atoms. The molecule has 14 N–H and O–H groups in total. The Bertz CT molecular complexity index is 3380. The zero-order valence-electron chi connectivity index (χ0n) is 51.5. The minimum atomic E-state index is -1.77. The lowest BCUT2D eigenvalue weighted by molar-refractivity contribution is -0.143. The van der Waals surface area contributed by atoms with Crippen molar-refractivity contribution in [1.82, 2.24) is 62.3 Å². The average Bonchev–Trinajstić information content (AvgIpc) is 1.62. The number of nitrogens with one attached hydrogen (secondary N) is 11. The molecule has 31 nitrogen and oxygen atoms in total. The number of hydrogen-bond acceptors (Lipinski definition) is 18. The van der Waals surface area contributed by atoms with Crippen molar-refractivity contribution in [2.75, 3.05) is 49.3 Å². The summed E-state index contributed by atoms with van der Waals surface area (Å²) in [5, 5.41) is 58.5. The summed E-state index contributed by atoms with van der Waals surface area (Å²) < 4.78 is 1.32. The van der Waals surface area contributed by atoms with Gasteiger partial charge >= 0.3 is 0 Å². The first-order chi connectivity index (χ1) is 43.7. The lowest BCUT2D eigenvalue weighted by Crippen LogP contribution is -2.61. The van der Waals surface area contributed by atoms with Gasteiger partial charge in [0, 0.05) is 68.0 Å². The summed E-state index contributed by atoms with van der Waals surface area (Å²) in [5.74, 6) is -13.7. The van der Waals surface area contributed by atoms with E-state index in [4.69, 9.17) is 0 Å². The van der Waals surface area contributed by atoms with Crippen molar-refractivity contribution in [3.63, 3.8) is 0 Å². The fourth-order valence-corrected chi connectivity index (χ4v) is 11.6. The van der Waals surface area contributed by atoms with Gasteiger partial charge in [-0.3, -0.25) is 77.4 Å². The fraction of sp³-hybridized carbons (Fsp3) is 0.500. The first-order valence-electron chi connectivity index (χ1n) is 30.0. The van der Waals surface area contributed by atoms with Crippen molar-refractivity contribution in [1.29, 1.82) is 0 Å². The number of rotatable bonds is 18. The summed E-state index contributed by atoms with van der Waals surface area (Å²) in [6.07, 6.45) is -2.22. The van der Waals surface area contributed by atoms with Crippen molar-refractivity contribution in [3.8, 4) is 0 Å². The first kappa shape index (κ1) is 70.2. The van der Waals surface area contributed by atoms with Crippen LogP contribution in [0.4, 0.5) is 5.69 Å². The van der Waals surface area contributed by atoms with E-state index in [0.29, 0.717) is 22.9 Å². The highest BCUT2D eigenvalue weighted by Gasteiger charge is 2.45. The van der Waals surface area contributed by atoms with E-state index in [0.717, 1.165) is 33.7 Å². The average molecular weight is 1300 g/mol. The van der Waals surface area contributed by atoms with Crippen LogP contribution in [-0.4, -0.2) is 206 Å². The normalized spacial score (nSPS) is 22.9. The van der Waals surface area contributed by atoms with Crippen LogP contribution in [0.1, 0.15) is 78.4 Å². The fourth-order valence-electron chi connectivity index (χ4n) is 10.7. The van der Waals surface area contributed by atoms with Crippen LogP contribution >= 0.6 is 11.8 Å². The van der Waals surface area contributed by atoms with Gasteiger partial charge in [0.2, 0.25) is 65.0 Å².